The van der Waals surface area contributed by atoms with Gasteiger partial charge in [-0.1, -0.05) is 6.92 Å². The highest BCUT2D eigenvalue weighted by atomic mass is 32.1. The Labute approximate surface area is 130 Å². The van der Waals surface area contributed by atoms with Gasteiger partial charge in [-0.3, -0.25) is 4.79 Å². The van der Waals surface area contributed by atoms with Gasteiger partial charge in [0.25, 0.3) is 0 Å². The summed E-state index contributed by atoms with van der Waals surface area (Å²) in [4.78, 5) is 19.1. The molecule has 0 aromatic carbocycles. The van der Waals surface area contributed by atoms with Crippen molar-refractivity contribution < 1.29 is 4.79 Å². The highest BCUT2D eigenvalue weighted by molar-refractivity contribution is 7.13. The Balaban J connectivity index is 1.41. The van der Waals surface area contributed by atoms with E-state index in [1.165, 1.54) is 12.8 Å². The van der Waals surface area contributed by atoms with E-state index in [0.717, 1.165) is 43.4 Å². The van der Waals surface area contributed by atoms with Crippen LogP contribution in [0.3, 0.4) is 0 Å². The molecule has 5 nitrogen and oxygen atoms in total. The fourth-order valence-corrected chi connectivity index (χ4v) is 3.73. The van der Waals surface area contributed by atoms with Crippen LogP contribution in [0.15, 0.2) is 5.38 Å². The first kappa shape index (κ1) is 14.8. The number of nitrogens with zero attached hydrogens (tertiary/aromatic N) is 2. The lowest BCUT2D eigenvalue weighted by molar-refractivity contribution is -0.126. The molecule has 1 amide bonds. The predicted molar refractivity (Wildman–Crippen MR) is 85.8 cm³/mol. The molecule has 3 heterocycles. The second-order valence-electron chi connectivity index (χ2n) is 6.06. The number of amides is 1. The van der Waals surface area contributed by atoms with Gasteiger partial charge in [-0.25, -0.2) is 4.98 Å². The van der Waals surface area contributed by atoms with E-state index in [1.54, 1.807) is 11.3 Å². The Morgan fingerprint density at radius 2 is 2.29 bits per heavy atom. The number of nitrogens with one attached hydrogen (secondary N) is 2. The predicted octanol–water partition coefficient (Wildman–Crippen LogP) is 1.26. The van der Waals surface area contributed by atoms with Gasteiger partial charge in [0.05, 0.1) is 5.69 Å². The van der Waals surface area contributed by atoms with Crippen molar-refractivity contribution in [3.63, 3.8) is 0 Å². The fraction of sp³-hybridized carbons (Fsp3) is 0.733. The Morgan fingerprint density at radius 1 is 1.52 bits per heavy atom. The first-order valence-electron chi connectivity index (χ1n) is 7.92. The minimum Gasteiger partial charge on any atom is -0.355 e. The summed E-state index contributed by atoms with van der Waals surface area (Å²) in [7, 11) is 0. The summed E-state index contributed by atoms with van der Waals surface area (Å²) in [5.74, 6) is 0.796. The Kier molecular flexibility index (Phi) is 4.75. The van der Waals surface area contributed by atoms with Gasteiger partial charge in [-0.15, -0.1) is 11.3 Å². The van der Waals surface area contributed by atoms with Gasteiger partial charge in [-0.05, 0) is 31.8 Å². The zero-order chi connectivity index (χ0) is 14.7. The molecule has 6 heteroatoms. The number of thiazole rings is 1. The molecule has 0 spiro atoms. The molecule has 2 saturated heterocycles. The highest BCUT2D eigenvalue weighted by Gasteiger charge is 2.28. The zero-order valence-corrected chi connectivity index (χ0v) is 13.4. The second-order valence-corrected chi connectivity index (χ2v) is 6.90. The molecule has 0 radical (unpaired) electrons. The van der Waals surface area contributed by atoms with Gasteiger partial charge in [0.1, 0.15) is 0 Å². The number of hydrogen-bond donors (Lipinski definition) is 2. The van der Waals surface area contributed by atoms with Crippen molar-refractivity contribution in [1.82, 2.24) is 15.6 Å². The third kappa shape index (κ3) is 3.55. The number of rotatable bonds is 6. The van der Waals surface area contributed by atoms with Crippen LogP contribution in [0.25, 0.3) is 0 Å². The van der Waals surface area contributed by atoms with Crippen molar-refractivity contribution in [3.05, 3.63) is 11.1 Å². The van der Waals surface area contributed by atoms with Crippen molar-refractivity contribution >= 4 is 22.4 Å². The lowest BCUT2D eigenvalue weighted by Crippen LogP contribution is -2.49. The average Bonchev–Trinajstić information content (AvgIpc) is 3.07. The van der Waals surface area contributed by atoms with Gasteiger partial charge < -0.3 is 15.5 Å². The van der Waals surface area contributed by atoms with Crippen LogP contribution in [-0.4, -0.2) is 43.6 Å². The highest BCUT2D eigenvalue weighted by Crippen LogP contribution is 2.24. The lowest BCUT2D eigenvalue weighted by atomic mass is 9.88. The average molecular weight is 308 g/mol. The normalized spacial score (nSPS) is 20.3. The summed E-state index contributed by atoms with van der Waals surface area (Å²) < 4.78 is 0. The van der Waals surface area contributed by atoms with Crippen molar-refractivity contribution in [3.8, 4) is 0 Å². The molecule has 2 aliphatic rings. The molecule has 116 valence electrons. The summed E-state index contributed by atoms with van der Waals surface area (Å²) in [5.41, 5.74) is 1.10. The van der Waals surface area contributed by atoms with E-state index in [1.807, 2.05) is 6.92 Å². The van der Waals surface area contributed by atoms with E-state index < -0.39 is 0 Å². The van der Waals surface area contributed by atoms with Crippen LogP contribution in [0, 0.1) is 11.8 Å². The molecular formula is C15H24N4OS. The summed E-state index contributed by atoms with van der Waals surface area (Å²) in [6.45, 7) is 6.93. The second kappa shape index (κ2) is 6.75. The van der Waals surface area contributed by atoms with Crippen LogP contribution in [0.4, 0.5) is 5.13 Å². The van der Waals surface area contributed by atoms with E-state index in [-0.39, 0.29) is 11.8 Å². The van der Waals surface area contributed by atoms with Crippen molar-refractivity contribution in [2.45, 2.75) is 26.2 Å². The molecule has 2 N–H and O–H groups in total. The topological polar surface area (TPSA) is 57.3 Å². The number of carbonyl (C=O) groups excluding carboxylic acids is 1. The van der Waals surface area contributed by atoms with E-state index in [9.17, 15) is 4.79 Å². The fourth-order valence-electron chi connectivity index (χ4n) is 2.82. The zero-order valence-electron chi connectivity index (χ0n) is 12.6. The Hall–Kier alpha value is -1.14. The van der Waals surface area contributed by atoms with E-state index in [2.05, 4.69) is 25.9 Å². The molecule has 1 unspecified atom stereocenters. The van der Waals surface area contributed by atoms with E-state index in [4.69, 9.17) is 0 Å². The van der Waals surface area contributed by atoms with Gasteiger partial charge in [0.15, 0.2) is 5.13 Å². The first-order valence-corrected chi connectivity index (χ1v) is 8.80. The van der Waals surface area contributed by atoms with Crippen LogP contribution >= 0.6 is 11.3 Å². The molecule has 1 atom stereocenters. The smallest absolute Gasteiger partial charge is 0.223 e. The molecule has 0 aliphatic carbocycles. The van der Waals surface area contributed by atoms with Crippen LogP contribution in [0.1, 0.15) is 25.5 Å². The molecule has 2 fully saturated rings. The number of aromatic nitrogens is 1. The molecule has 0 saturated carbocycles. The third-order valence-corrected chi connectivity index (χ3v) is 5.48. The van der Waals surface area contributed by atoms with Gasteiger partial charge in [-0.2, -0.15) is 0 Å². The summed E-state index contributed by atoms with van der Waals surface area (Å²) in [6, 6.07) is 0. The molecule has 2 aliphatic heterocycles. The summed E-state index contributed by atoms with van der Waals surface area (Å²) >= 11 is 1.72. The molecule has 3 rings (SSSR count). The summed E-state index contributed by atoms with van der Waals surface area (Å²) in [5, 5.41) is 9.52. The Morgan fingerprint density at radius 3 is 2.95 bits per heavy atom. The van der Waals surface area contributed by atoms with Crippen LogP contribution < -0.4 is 15.5 Å². The van der Waals surface area contributed by atoms with Crippen LogP contribution in [0.5, 0.6) is 0 Å². The van der Waals surface area contributed by atoms with Crippen LogP contribution in [0.2, 0.25) is 0 Å². The van der Waals surface area contributed by atoms with Crippen molar-refractivity contribution in [1.29, 1.82) is 0 Å². The maximum absolute atomic E-state index is 12.0. The molecule has 21 heavy (non-hydrogen) atoms. The number of hydrogen-bond acceptors (Lipinski definition) is 5. The minimum atomic E-state index is 0.113. The van der Waals surface area contributed by atoms with E-state index >= 15 is 0 Å². The lowest BCUT2D eigenvalue weighted by Gasteiger charge is -2.31. The molecule has 1 aromatic heterocycles. The van der Waals surface area contributed by atoms with Crippen molar-refractivity contribution in [2.24, 2.45) is 11.8 Å². The maximum atomic E-state index is 12.0. The number of anilines is 1. The van der Waals surface area contributed by atoms with Crippen LogP contribution in [-0.2, 0) is 11.2 Å². The first-order chi connectivity index (χ1) is 10.2. The van der Waals surface area contributed by atoms with Crippen molar-refractivity contribution in [2.75, 3.05) is 37.6 Å². The summed E-state index contributed by atoms with van der Waals surface area (Å²) in [6.07, 6.45) is 3.38. The monoisotopic (exact) mass is 308 g/mol. The van der Waals surface area contributed by atoms with Gasteiger partial charge in [0.2, 0.25) is 5.91 Å². The molecular weight excluding hydrogens is 284 g/mol. The quantitative estimate of drug-likeness (QED) is 0.831. The SMILES string of the molecule is CC(C(=O)NCCc1csc(N2CCCC2)n1)C1CNC1. The number of carbonyl (C=O) groups is 1. The van der Waals surface area contributed by atoms with Gasteiger partial charge >= 0.3 is 0 Å². The third-order valence-electron chi connectivity index (χ3n) is 4.53. The largest absolute Gasteiger partial charge is 0.355 e. The molecule has 0 bridgehead atoms. The van der Waals surface area contributed by atoms with E-state index in [0.29, 0.717) is 12.5 Å². The van der Waals surface area contributed by atoms with Gasteiger partial charge in [0, 0.05) is 37.4 Å². The minimum absolute atomic E-state index is 0.113. The standard InChI is InChI=1S/C15H24N4OS/c1-11(12-8-16-9-12)14(20)17-5-4-13-10-21-15(18-13)19-6-2-3-7-19/h10-12,16H,2-9H2,1H3,(H,17,20). The Bertz CT molecular complexity index is 480. The maximum Gasteiger partial charge on any atom is 0.223 e. The molecule has 1 aromatic rings.